The molecule has 1 aromatic heterocycles. The largest absolute Gasteiger partial charge is 0.497 e. The van der Waals surface area contributed by atoms with Gasteiger partial charge >= 0.3 is 5.97 Å². The maximum Gasteiger partial charge on any atom is 0.359 e. The Morgan fingerprint density at radius 1 is 1.23 bits per heavy atom. The molecule has 2 N–H and O–H groups in total. The molecule has 4 rings (SSSR count). The van der Waals surface area contributed by atoms with Crippen molar-refractivity contribution in [2.24, 2.45) is 0 Å². The van der Waals surface area contributed by atoms with Gasteiger partial charge in [0.15, 0.2) is 5.69 Å². The summed E-state index contributed by atoms with van der Waals surface area (Å²) in [5.74, 6) is 0.382. The molecule has 3 heterocycles. The molecule has 0 spiro atoms. The summed E-state index contributed by atoms with van der Waals surface area (Å²) in [6.07, 6.45) is 1.38. The van der Waals surface area contributed by atoms with E-state index in [1.165, 1.54) is 0 Å². The molecule has 1 amide bonds. The number of hydrogen-bond donors (Lipinski definition) is 2. The van der Waals surface area contributed by atoms with Gasteiger partial charge in [-0.05, 0) is 38.0 Å². The molecule has 166 valence electrons. The van der Waals surface area contributed by atoms with Crippen LogP contribution in [0.25, 0.3) is 0 Å². The number of fused-ring (bicyclic) bond motifs is 1. The molecule has 2 aliphatic heterocycles. The van der Waals surface area contributed by atoms with E-state index in [2.05, 4.69) is 16.0 Å². The zero-order chi connectivity index (χ0) is 22.0. The maximum atomic E-state index is 13.0. The fraction of sp³-hybridized carbons (Fsp3) is 0.500. The molecule has 0 saturated carbocycles. The number of carbonyl (C=O) groups excluding carboxylic acids is 2. The Balaban J connectivity index is 1.59. The van der Waals surface area contributed by atoms with Gasteiger partial charge in [0.05, 0.1) is 20.3 Å². The number of amides is 1. The minimum absolute atomic E-state index is 0.0419. The van der Waals surface area contributed by atoms with Crippen molar-refractivity contribution in [3.05, 3.63) is 46.8 Å². The van der Waals surface area contributed by atoms with Gasteiger partial charge in [-0.2, -0.15) is 5.10 Å². The smallest absolute Gasteiger partial charge is 0.359 e. The number of rotatable bonds is 6. The third-order valence-corrected chi connectivity index (χ3v) is 5.80. The molecule has 1 saturated heterocycles. The Kier molecular flexibility index (Phi) is 6.24. The predicted octanol–water partition coefficient (Wildman–Crippen LogP) is 1.26. The lowest BCUT2D eigenvalue weighted by Crippen LogP contribution is -2.47. The van der Waals surface area contributed by atoms with Crippen LogP contribution in [0, 0.1) is 0 Å². The molecule has 2 atom stereocenters. The third-order valence-electron chi connectivity index (χ3n) is 5.80. The molecule has 1 fully saturated rings. The van der Waals surface area contributed by atoms with Crippen LogP contribution >= 0.6 is 0 Å². The first-order chi connectivity index (χ1) is 15.0. The maximum absolute atomic E-state index is 13.0. The normalized spacial score (nSPS) is 20.4. The van der Waals surface area contributed by atoms with Gasteiger partial charge < -0.3 is 14.4 Å². The van der Waals surface area contributed by atoms with Gasteiger partial charge in [0, 0.05) is 36.8 Å². The number of nitrogens with zero attached hydrogens (tertiary/aromatic N) is 3. The van der Waals surface area contributed by atoms with Crippen LogP contribution in [0.5, 0.6) is 5.75 Å². The number of ether oxygens (including phenoxy) is 2. The Morgan fingerprint density at radius 2 is 2.00 bits per heavy atom. The van der Waals surface area contributed by atoms with Crippen molar-refractivity contribution in [3.8, 4) is 5.75 Å². The lowest BCUT2D eigenvalue weighted by molar-refractivity contribution is -0.134. The molecule has 9 heteroatoms. The SMILES string of the molecule is CCOC(=O)c1nn(Cc2ccc(OC)cc2)c2c1CN(C(=O)C1CC(C)NN1)CC2. The van der Waals surface area contributed by atoms with Crippen molar-refractivity contribution in [1.29, 1.82) is 0 Å². The van der Waals surface area contributed by atoms with E-state index in [4.69, 9.17) is 9.47 Å². The summed E-state index contributed by atoms with van der Waals surface area (Å²) in [7, 11) is 1.63. The predicted molar refractivity (Wildman–Crippen MR) is 114 cm³/mol. The molecule has 2 aromatic rings. The van der Waals surface area contributed by atoms with Crippen molar-refractivity contribution in [3.63, 3.8) is 0 Å². The van der Waals surface area contributed by atoms with Crippen LogP contribution in [0.3, 0.4) is 0 Å². The number of aromatic nitrogens is 2. The van der Waals surface area contributed by atoms with Crippen LogP contribution in [0.15, 0.2) is 24.3 Å². The minimum Gasteiger partial charge on any atom is -0.497 e. The fourth-order valence-corrected chi connectivity index (χ4v) is 4.17. The van der Waals surface area contributed by atoms with Crippen LogP contribution in [0.4, 0.5) is 0 Å². The first-order valence-corrected chi connectivity index (χ1v) is 10.7. The first-order valence-electron chi connectivity index (χ1n) is 10.7. The Bertz CT molecular complexity index is 956. The average molecular weight is 428 g/mol. The van der Waals surface area contributed by atoms with E-state index in [0.29, 0.717) is 31.7 Å². The fourth-order valence-electron chi connectivity index (χ4n) is 4.17. The first kappa shape index (κ1) is 21.3. The molecular weight excluding hydrogens is 398 g/mol. The topological polar surface area (TPSA) is 97.7 Å². The molecule has 2 unspecified atom stereocenters. The minimum atomic E-state index is -0.448. The molecular formula is C22H29N5O4. The van der Waals surface area contributed by atoms with Crippen LogP contribution in [-0.4, -0.2) is 58.9 Å². The van der Waals surface area contributed by atoms with E-state index < -0.39 is 5.97 Å². The van der Waals surface area contributed by atoms with Gasteiger partial charge in [-0.25, -0.2) is 10.2 Å². The van der Waals surface area contributed by atoms with Crippen molar-refractivity contribution >= 4 is 11.9 Å². The quantitative estimate of drug-likeness (QED) is 0.670. The standard InChI is InChI=1S/C22H29N5O4/c1-4-31-22(29)20-17-13-26(21(28)18-11-14(2)23-24-18)10-9-19(17)27(25-20)12-15-5-7-16(30-3)8-6-15/h5-8,14,18,23-24H,4,9-13H2,1-3H3. The summed E-state index contributed by atoms with van der Waals surface area (Å²) in [5.41, 5.74) is 9.28. The molecule has 31 heavy (non-hydrogen) atoms. The van der Waals surface area contributed by atoms with E-state index >= 15 is 0 Å². The lowest BCUT2D eigenvalue weighted by Gasteiger charge is -2.29. The second-order valence-electron chi connectivity index (χ2n) is 7.99. The average Bonchev–Trinajstić information content (AvgIpc) is 3.37. The molecule has 0 radical (unpaired) electrons. The van der Waals surface area contributed by atoms with E-state index in [9.17, 15) is 9.59 Å². The lowest BCUT2D eigenvalue weighted by atomic mass is 10.0. The van der Waals surface area contributed by atoms with E-state index in [-0.39, 0.29) is 24.6 Å². The molecule has 9 nitrogen and oxygen atoms in total. The monoisotopic (exact) mass is 427 g/mol. The Morgan fingerprint density at radius 3 is 2.65 bits per heavy atom. The highest BCUT2D eigenvalue weighted by atomic mass is 16.5. The number of benzene rings is 1. The van der Waals surface area contributed by atoms with Crippen LogP contribution in [0.1, 0.15) is 47.6 Å². The van der Waals surface area contributed by atoms with E-state index in [1.54, 1.807) is 14.0 Å². The van der Waals surface area contributed by atoms with Crippen molar-refractivity contribution in [1.82, 2.24) is 25.5 Å². The van der Waals surface area contributed by atoms with E-state index in [0.717, 1.165) is 29.0 Å². The van der Waals surface area contributed by atoms with Gasteiger partial charge in [0.25, 0.3) is 0 Å². The van der Waals surface area contributed by atoms with Gasteiger partial charge in [0.2, 0.25) is 5.91 Å². The second-order valence-corrected chi connectivity index (χ2v) is 7.99. The van der Waals surface area contributed by atoms with Gasteiger partial charge in [-0.15, -0.1) is 0 Å². The Hall–Kier alpha value is -2.91. The summed E-state index contributed by atoms with van der Waals surface area (Å²) in [6, 6.07) is 7.77. The van der Waals surface area contributed by atoms with Crippen molar-refractivity contribution in [2.75, 3.05) is 20.3 Å². The summed E-state index contributed by atoms with van der Waals surface area (Å²) in [4.78, 5) is 27.4. The van der Waals surface area contributed by atoms with Crippen molar-refractivity contribution in [2.45, 2.75) is 51.9 Å². The van der Waals surface area contributed by atoms with Gasteiger partial charge in [0.1, 0.15) is 11.8 Å². The molecule has 0 aliphatic carbocycles. The van der Waals surface area contributed by atoms with E-state index in [1.807, 2.05) is 40.8 Å². The van der Waals surface area contributed by atoms with Crippen molar-refractivity contribution < 1.29 is 19.1 Å². The number of esters is 1. The van der Waals surface area contributed by atoms with Crippen LogP contribution in [-0.2, 0) is 29.0 Å². The second kappa shape index (κ2) is 9.07. The number of carbonyl (C=O) groups is 2. The highest BCUT2D eigenvalue weighted by molar-refractivity contribution is 5.90. The number of nitrogens with one attached hydrogen (secondary N) is 2. The summed E-state index contributed by atoms with van der Waals surface area (Å²) < 4.78 is 12.3. The van der Waals surface area contributed by atoms with Gasteiger partial charge in [-0.1, -0.05) is 12.1 Å². The molecule has 2 aliphatic rings. The number of hydrazine groups is 1. The summed E-state index contributed by atoms with van der Waals surface area (Å²) in [6.45, 7) is 5.57. The van der Waals surface area contributed by atoms with Crippen LogP contribution in [0.2, 0.25) is 0 Å². The van der Waals surface area contributed by atoms with Crippen LogP contribution < -0.4 is 15.6 Å². The van der Waals surface area contributed by atoms with Gasteiger partial charge in [-0.3, -0.25) is 14.9 Å². The molecule has 1 aromatic carbocycles. The molecule has 0 bridgehead atoms. The number of methoxy groups -OCH3 is 1. The third kappa shape index (κ3) is 4.42. The number of hydrogen-bond acceptors (Lipinski definition) is 7. The zero-order valence-electron chi connectivity index (χ0n) is 18.2. The zero-order valence-corrected chi connectivity index (χ0v) is 18.2. The highest BCUT2D eigenvalue weighted by Gasteiger charge is 2.35. The summed E-state index contributed by atoms with van der Waals surface area (Å²) >= 11 is 0. The highest BCUT2D eigenvalue weighted by Crippen LogP contribution is 2.26. The summed E-state index contributed by atoms with van der Waals surface area (Å²) in [5, 5.41) is 4.60. The Labute approximate surface area is 181 Å².